The van der Waals surface area contributed by atoms with E-state index in [2.05, 4.69) is 153 Å². The number of amides is 1. The van der Waals surface area contributed by atoms with Crippen LogP contribution in [0.4, 0.5) is 16.2 Å². The van der Waals surface area contributed by atoms with Crippen LogP contribution in [0.2, 0.25) is 0 Å². The molecule has 7 nitrogen and oxygen atoms in total. The smallest absolute Gasteiger partial charge is 0.407 e. The third kappa shape index (κ3) is 10.8. The van der Waals surface area contributed by atoms with Gasteiger partial charge >= 0.3 is 6.09 Å². The number of benzene rings is 3. The van der Waals surface area contributed by atoms with Crippen molar-refractivity contribution < 1.29 is 19.0 Å². The third-order valence-corrected chi connectivity index (χ3v) is 9.58. The van der Waals surface area contributed by atoms with E-state index in [-0.39, 0.29) is 23.7 Å². The number of hydrogen-bond donors (Lipinski definition) is 2. The molecule has 0 radical (unpaired) electrons. The Balaban J connectivity index is 1.40. The first-order valence-electron chi connectivity index (χ1n) is 19.1. The molecule has 0 saturated heterocycles. The van der Waals surface area contributed by atoms with E-state index >= 15 is 0 Å². The van der Waals surface area contributed by atoms with Gasteiger partial charge in [-0.1, -0.05) is 120 Å². The maximum Gasteiger partial charge on any atom is 0.407 e. The van der Waals surface area contributed by atoms with Gasteiger partial charge in [-0.3, -0.25) is 0 Å². The fourth-order valence-electron chi connectivity index (χ4n) is 6.98. The summed E-state index contributed by atoms with van der Waals surface area (Å²) in [5.74, 6) is 0. The molecule has 1 aliphatic rings. The SMILES string of the molecule is CCCNc1ccccc1C(C)(C)CC=CC=CC=CC=C1N(CCOC(=O)NCCCC(OCC)OCC)c2ccc3ccccc3c2C1(C)C. The van der Waals surface area contributed by atoms with Crippen LogP contribution in [-0.4, -0.2) is 51.8 Å². The number of rotatable bonds is 20. The van der Waals surface area contributed by atoms with E-state index in [1.54, 1.807) is 0 Å². The van der Waals surface area contributed by atoms with E-state index in [1.165, 1.54) is 27.6 Å². The van der Waals surface area contributed by atoms with Gasteiger partial charge in [-0.2, -0.15) is 0 Å². The summed E-state index contributed by atoms with van der Waals surface area (Å²) in [5.41, 5.74) is 5.94. The molecule has 4 rings (SSSR count). The van der Waals surface area contributed by atoms with Crippen LogP contribution in [0.3, 0.4) is 0 Å². The summed E-state index contributed by atoms with van der Waals surface area (Å²) in [4.78, 5) is 14.9. The lowest BCUT2D eigenvalue weighted by molar-refractivity contribution is -0.139. The Morgan fingerprint density at radius 2 is 1.60 bits per heavy atom. The fraction of sp³-hybridized carbons (Fsp3) is 0.444. The van der Waals surface area contributed by atoms with Gasteiger partial charge in [0.05, 0.1) is 6.54 Å². The molecule has 0 unspecified atom stereocenters. The van der Waals surface area contributed by atoms with E-state index < -0.39 is 6.09 Å². The highest BCUT2D eigenvalue weighted by atomic mass is 16.7. The van der Waals surface area contributed by atoms with E-state index in [1.807, 2.05) is 13.8 Å². The zero-order valence-corrected chi connectivity index (χ0v) is 32.5. The van der Waals surface area contributed by atoms with Crippen LogP contribution in [-0.2, 0) is 25.0 Å². The summed E-state index contributed by atoms with van der Waals surface area (Å²) >= 11 is 0. The van der Waals surface area contributed by atoms with Crippen LogP contribution < -0.4 is 15.5 Å². The molecule has 1 aliphatic heterocycles. The first kappa shape index (κ1) is 40.4. The molecule has 7 heteroatoms. The van der Waals surface area contributed by atoms with Gasteiger partial charge in [0.1, 0.15) is 6.61 Å². The number of ether oxygens (including phenoxy) is 3. The molecule has 3 aromatic carbocycles. The second-order valence-electron chi connectivity index (χ2n) is 14.3. The number of allylic oxidation sites excluding steroid dienone is 8. The van der Waals surface area contributed by atoms with E-state index in [0.717, 1.165) is 37.2 Å². The summed E-state index contributed by atoms with van der Waals surface area (Å²) in [6.07, 6.45) is 17.8. The molecule has 280 valence electrons. The molecule has 0 atom stereocenters. The van der Waals surface area contributed by atoms with Gasteiger partial charge in [-0.25, -0.2) is 4.79 Å². The van der Waals surface area contributed by atoms with Crippen molar-refractivity contribution in [3.63, 3.8) is 0 Å². The largest absolute Gasteiger partial charge is 0.448 e. The predicted octanol–water partition coefficient (Wildman–Crippen LogP) is 10.6. The van der Waals surface area contributed by atoms with E-state index in [0.29, 0.717) is 32.7 Å². The molecule has 0 bridgehead atoms. The van der Waals surface area contributed by atoms with Crippen LogP contribution in [0.1, 0.15) is 85.3 Å². The number of fused-ring (bicyclic) bond motifs is 3. The topological polar surface area (TPSA) is 72.1 Å². The Morgan fingerprint density at radius 1 is 0.885 bits per heavy atom. The average Bonchev–Trinajstić information content (AvgIpc) is 3.35. The Bertz CT molecular complexity index is 1700. The van der Waals surface area contributed by atoms with E-state index in [4.69, 9.17) is 14.2 Å². The molecule has 0 spiro atoms. The normalized spacial score (nSPS) is 15.2. The predicted molar refractivity (Wildman–Crippen MR) is 218 cm³/mol. The van der Waals surface area contributed by atoms with Crippen molar-refractivity contribution in [1.82, 2.24) is 5.32 Å². The first-order chi connectivity index (χ1) is 25.1. The molecule has 0 fully saturated rings. The zero-order valence-electron chi connectivity index (χ0n) is 32.5. The summed E-state index contributed by atoms with van der Waals surface area (Å²) in [6.45, 7) is 18.7. The number of anilines is 2. The van der Waals surface area contributed by atoms with Crippen molar-refractivity contribution >= 4 is 28.2 Å². The highest BCUT2D eigenvalue weighted by Crippen LogP contribution is 2.50. The molecule has 0 saturated carbocycles. The number of nitrogens with zero attached hydrogens (tertiary/aromatic N) is 1. The van der Waals surface area contributed by atoms with Gasteiger partial charge in [-0.05, 0) is 78.6 Å². The highest BCUT2D eigenvalue weighted by molar-refractivity contribution is 5.94. The lowest BCUT2D eigenvalue weighted by Crippen LogP contribution is -2.32. The standard InChI is InChI=1S/C45H61N3O4/c1-8-31-46-38-25-19-18-24-37(38)44(4,5)30-20-14-12-11-13-15-26-40-45(6,7)42-36-23-17-16-22-35(36)28-29-39(42)48(40)33-34-52-43(49)47-32-21-27-41(50-9-2)51-10-3/h11-20,22-26,28-29,41,46H,8-10,21,27,30-34H2,1-7H3,(H,47,49). The summed E-state index contributed by atoms with van der Waals surface area (Å²) in [6, 6.07) is 21.6. The van der Waals surface area contributed by atoms with Crippen LogP contribution >= 0.6 is 0 Å². The zero-order chi connectivity index (χ0) is 37.4. The molecule has 52 heavy (non-hydrogen) atoms. The van der Waals surface area contributed by atoms with Gasteiger partial charge in [-0.15, -0.1) is 0 Å². The minimum Gasteiger partial charge on any atom is -0.448 e. The minimum absolute atomic E-state index is 0.0139. The second-order valence-corrected chi connectivity index (χ2v) is 14.3. The van der Waals surface area contributed by atoms with Crippen LogP contribution in [0.15, 0.2) is 109 Å². The molecule has 3 aromatic rings. The van der Waals surface area contributed by atoms with Gasteiger partial charge in [0.25, 0.3) is 0 Å². The van der Waals surface area contributed by atoms with Crippen LogP contribution in [0.25, 0.3) is 10.8 Å². The Labute approximate surface area is 312 Å². The van der Waals surface area contributed by atoms with E-state index in [9.17, 15) is 4.79 Å². The summed E-state index contributed by atoms with van der Waals surface area (Å²) < 4.78 is 16.9. The maximum atomic E-state index is 12.6. The number of alkyl carbamates (subject to hydrolysis) is 1. The van der Waals surface area contributed by atoms with Crippen molar-refractivity contribution in [3.8, 4) is 0 Å². The second kappa shape index (κ2) is 20.1. The lowest BCUT2D eigenvalue weighted by Gasteiger charge is -2.27. The molecular weight excluding hydrogens is 647 g/mol. The third-order valence-electron chi connectivity index (χ3n) is 9.58. The minimum atomic E-state index is -0.411. The first-order valence-corrected chi connectivity index (χ1v) is 19.1. The highest BCUT2D eigenvalue weighted by Gasteiger charge is 2.41. The number of nitrogens with one attached hydrogen (secondary N) is 2. The van der Waals surface area contributed by atoms with Crippen LogP contribution in [0, 0.1) is 0 Å². The Morgan fingerprint density at radius 3 is 2.37 bits per heavy atom. The van der Waals surface area contributed by atoms with Crippen molar-refractivity contribution in [2.45, 2.75) is 91.3 Å². The number of para-hydroxylation sites is 1. The van der Waals surface area contributed by atoms with Gasteiger partial charge in [0.2, 0.25) is 0 Å². The van der Waals surface area contributed by atoms with Crippen molar-refractivity contribution in [2.75, 3.05) is 49.7 Å². The molecule has 1 amide bonds. The summed E-state index contributed by atoms with van der Waals surface area (Å²) in [7, 11) is 0. The molecule has 2 N–H and O–H groups in total. The van der Waals surface area contributed by atoms with Crippen molar-refractivity contribution in [3.05, 3.63) is 120 Å². The summed E-state index contributed by atoms with van der Waals surface area (Å²) in [5, 5.41) is 8.93. The lowest BCUT2D eigenvalue weighted by atomic mass is 9.80. The number of hydrogen-bond acceptors (Lipinski definition) is 6. The average molecular weight is 708 g/mol. The van der Waals surface area contributed by atoms with Crippen molar-refractivity contribution in [1.29, 1.82) is 0 Å². The maximum absolute atomic E-state index is 12.6. The number of carbonyl (C=O) groups excluding carboxylic acids is 1. The Hall–Kier alpha value is -4.33. The molecular formula is C45H61N3O4. The fourth-order valence-corrected chi connectivity index (χ4v) is 6.98. The van der Waals surface area contributed by atoms with Gasteiger partial charge < -0.3 is 29.7 Å². The number of carbonyl (C=O) groups is 1. The van der Waals surface area contributed by atoms with Gasteiger partial charge in [0.15, 0.2) is 6.29 Å². The molecule has 0 aromatic heterocycles. The monoisotopic (exact) mass is 707 g/mol. The van der Waals surface area contributed by atoms with Crippen LogP contribution in [0.5, 0.6) is 0 Å². The van der Waals surface area contributed by atoms with Gasteiger partial charge in [0, 0.05) is 55.2 Å². The Kier molecular flexibility index (Phi) is 15.6. The van der Waals surface area contributed by atoms with Crippen molar-refractivity contribution in [2.24, 2.45) is 0 Å². The molecule has 1 heterocycles. The molecule has 0 aliphatic carbocycles. The quantitative estimate of drug-likeness (QED) is 0.0692.